The summed E-state index contributed by atoms with van der Waals surface area (Å²) < 4.78 is 19.5. The molecule has 2 aromatic rings. The molecule has 0 bridgehead atoms. The van der Waals surface area contributed by atoms with Gasteiger partial charge in [0.25, 0.3) is 0 Å². The molecule has 1 N–H and O–H groups in total. The number of thiophene rings is 1. The molecule has 5 heteroatoms. The quantitative estimate of drug-likeness (QED) is 0.891. The van der Waals surface area contributed by atoms with E-state index in [1.54, 1.807) is 13.2 Å². The van der Waals surface area contributed by atoms with Crippen molar-refractivity contribution in [3.05, 3.63) is 50.9 Å². The van der Waals surface area contributed by atoms with Crippen LogP contribution in [-0.4, -0.2) is 13.7 Å². The van der Waals surface area contributed by atoms with Crippen molar-refractivity contribution in [2.45, 2.75) is 13.0 Å². The third-order valence-corrected chi connectivity index (χ3v) is 4.09. The first-order valence-corrected chi connectivity index (χ1v) is 7.17. The van der Waals surface area contributed by atoms with Crippen LogP contribution in [-0.2, 0) is 0 Å². The number of halogens is 2. The lowest BCUT2D eigenvalue weighted by molar-refractivity contribution is 0.403. The van der Waals surface area contributed by atoms with Gasteiger partial charge in [-0.25, -0.2) is 4.39 Å². The van der Waals surface area contributed by atoms with E-state index in [9.17, 15) is 4.39 Å². The number of rotatable bonds is 5. The molecule has 0 fully saturated rings. The zero-order chi connectivity index (χ0) is 13.8. The van der Waals surface area contributed by atoms with Crippen molar-refractivity contribution in [1.82, 2.24) is 5.32 Å². The fourth-order valence-corrected chi connectivity index (χ4v) is 3.14. The molecule has 0 spiro atoms. The van der Waals surface area contributed by atoms with Crippen molar-refractivity contribution < 1.29 is 9.13 Å². The minimum Gasteiger partial charge on any atom is -0.496 e. The molecule has 0 aliphatic rings. The van der Waals surface area contributed by atoms with E-state index in [0.717, 1.165) is 17.0 Å². The molecule has 0 radical (unpaired) electrons. The second-order valence-electron chi connectivity index (χ2n) is 4.02. The molecule has 102 valence electrons. The Bertz CT molecular complexity index is 558. The van der Waals surface area contributed by atoms with Crippen molar-refractivity contribution in [3.8, 4) is 5.75 Å². The van der Waals surface area contributed by atoms with Crippen LogP contribution in [0.1, 0.15) is 23.4 Å². The Hall–Kier alpha value is -1.10. The van der Waals surface area contributed by atoms with Gasteiger partial charge >= 0.3 is 0 Å². The number of ether oxygens (including phenoxy) is 1. The maximum absolute atomic E-state index is 13.5. The maximum Gasteiger partial charge on any atom is 0.124 e. The predicted molar refractivity (Wildman–Crippen MR) is 77.8 cm³/mol. The summed E-state index contributed by atoms with van der Waals surface area (Å²) in [5.41, 5.74) is 0.780. The average Bonchev–Trinajstić information content (AvgIpc) is 2.82. The van der Waals surface area contributed by atoms with Crippen molar-refractivity contribution in [3.63, 3.8) is 0 Å². The number of methoxy groups -OCH3 is 1. The van der Waals surface area contributed by atoms with E-state index in [4.69, 9.17) is 16.3 Å². The number of nitrogens with one attached hydrogen (secondary N) is 1. The largest absolute Gasteiger partial charge is 0.496 e. The summed E-state index contributed by atoms with van der Waals surface area (Å²) in [7, 11) is 1.58. The van der Waals surface area contributed by atoms with Crippen LogP contribution in [0.25, 0.3) is 0 Å². The van der Waals surface area contributed by atoms with Gasteiger partial charge in [0.2, 0.25) is 0 Å². The van der Waals surface area contributed by atoms with Gasteiger partial charge in [-0.15, -0.1) is 11.3 Å². The topological polar surface area (TPSA) is 21.3 Å². The molecule has 1 atom stereocenters. The van der Waals surface area contributed by atoms with Crippen molar-refractivity contribution in [2.75, 3.05) is 13.7 Å². The first kappa shape index (κ1) is 14.3. The van der Waals surface area contributed by atoms with Gasteiger partial charge in [0.1, 0.15) is 11.6 Å². The van der Waals surface area contributed by atoms with Crippen LogP contribution >= 0.6 is 22.9 Å². The number of benzene rings is 1. The molecule has 19 heavy (non-hydrogen) atoms. The molecule has 2 nitrogen and oxygen atoms in total. The number of hydrogen-bond donors (Lipinski definition) is 1. The van der Waals surface area contributed by atoms with Crippen molar-refractivity contribution >= 4 is 22.9 Å². The molecule has 1 aromatic carbocycles. The summed E-state index contributed by atoms with van der Waals surface area (Å²) in [5, 5.41) is 3.34. The highest BCUT2D eigenvalue weighted by Gasteiger charge is 2.19. The molecule has 0 saturated carbocycles. The molecule has 0 aliphatic carbocycles. The molecule has 1 aromatic heterocycles. The average molecular weight is 300 g/mol. The van der Waals surface area contributed by atoms with E-state index < -0.39 is 0 Å². The summed E-state index contributed by atoms with van der Waals surface area (Å²) in [6.07, 6.45) is 0. The van der Waals surface area contributed by atoms with Gasteiger partial charge in [-0.1, -0.05) is 18.5 Å². The molecule has 0 aliphatic heterocycles. The summed E-state index contributed by atoms with van der Waals surface area (Å²) in [6, 6.07) is 8.21. The number of hydrogen-bond acceptors (Lipinski definition) is 3. The fourth-order valence-electron chi connectivity index (χ4n) is 1.98. The second-order valence-corrected chi connectivity index (χ2v) is 5.77. The van der Waals surface area contributed by atoms with Gasteiger partial charge in [-0.3, -0.25) is 0 Å². The Kier molecular flexibility index (Phi) is 4.80. The Morgan fingerprint density at radius 2 is 2.16 bits per heavy atom. The minimum absolute atomic E-state index is 0.117. The predicted octanol–water partition coefficient (Wildman–Crippen LogP) is 4.25. The fraction of sp³-hybridized carbons (Fsp3) is 0.286. The Morgan fingerprint density at radius 3 is 2.74 bits per heavy atom. The van der Waals surface area contributed by atoms with Crippen LogP contribution < -0.4 is 10.1 Å². The van der Waals surface area contributed by atoms with E-state index >= 15 is 0 Å². The van der Waals surface area contributed by atoms with Gasteiger partial charge in [-0.05, 0) is 36.9 Å². The van der Waals surface area contributed by atoms with Gasteiger partial charge in [0.05, 0.1) is 17.5 Å². The second kappa shape index (κ2) is 6.37. The SMILES string of the molecule is CCNC(c1ccc(Cl)s1)c1cc(F)ccc1OC. The molecule has 1 unspecified atom stereocenters. The van der Waals surface area contributed by atoms with E-state index in [2.05, 4.69) is 5.32 Å². The Balaban J connectivity index is 2.46. The van der Waals surface area contributed by atoms with Crippen LogP contribution in [0.5, 0.6) is 5.75 Å². The standard InChI is InChI=1S/C14H15ClFNOS/c1-3-17-14(12-6-7-13(15)19-12)10-8-9(16)4-5-11(10)18-2/h4-8,14,17H,3H2,1-2H3. The first-order valence-electron chi connectivity index (χ1n) is 5.97. The monoisotopic (exact) mass is 299 g/mol. The van der Waals surface area contributed by atoms with Gasteiger partial charge in [0, 0.05) is 10.4 Å². The van der Waals surface area contributed by atoms with E-state index in [0.29, 0.717) is 10.1 Å². The Labute approximate surface area is 121 Å². The highest BCUT2D eigenvalue weighted by molar-refractivity contribution is 7.16. The minimum atomic E-state index is -0.277. The van der Waals surface area contributed by atoms with Crippen LogP contribution in [0.2, 0.25) is 4.34 Å². The van der Waals surface area contributed by atoms with Crippen LogP contribution in [0.4, 0.5) is 4.39 Å². The highest BCUT2D eigenvalue weighted by Crippen LogP contribution is 2.35. The zero-order valence-electron chi connectivity index (χ0n) is 10.7. The molecule has 2 rings (SSSR count). The summed E-state index contributed by atoms with van der Waals surface area (Å²) in [5.74, 6) is 0.387. The van der Waals surface area contributed by atoms with Crippen molar-refractivity contribution in [2.24, 2.45) is 0 Å². The molecular weight excluding hydrogens is 285 g/mol. The van der Waals surface area contributed by atoms with E-state index in [1.807, 2.05) is 19.1 Å². The normalized spacial score (nSPS) is 12.4. The smallest absolute Gasteiger partial charge is 0.124 e. The lowest BCUT2D eigenvalue weighted by Gasteiger charge is -2.19. The van der Waals surface area contributed by atoms with Gasteiger partial charge < -0.3 is 10.1 Å². The van der Waals surface area contributed by atoms with Crippen LogP contribution in [0, 0.1) is 5.82 Å². The van der Waals surface area contributed by atoms with Crippen molar-refractivity contribution in [1.29, 1.82) is 0 Å². The molecule has 1 heterocycles. The zero-order valence-corrected chi connectivity index (χ0v) is 12.3. The maximum atomic E-state index is 13.5. The van der Waals surface area contributed by atoms with Crippen LogP contribution in [0.15, 0.2) is 30.3 Å². The molecule has 0 amide bonds. The first-order chi connectivity index (χ1) is 9.15. The van der Waals surface area contributed by atoms with E-state index in [1.165, 1.54) is 23.5 Å². The lowest BCUT2D eigenvalue weighted by Crippen LogP contribution is -2.21. The molecular formula is C14H15ClFNOS. The van der Waals surface area contributed by atoms with E-state index in [-0.39, 0.29) is 11.9 Å². The summed E-state index contributed by atoms with van der Waals surface area (Å²) >= 11 is 7.46. The third-order valence-electron chi connectivity index (χ3n) is 2.79. The Morgan fingerprint density at radius 1 is 1.37 bits per heavy atom. The summed E-state index contributed by atoms with van der Waals surface area (Å²) in [4.78, 5) is 1.04. The molecule has 0 saturated heterocycles. The van der Waals surface area contributed by atoms with Crippen LogP contribution in [0.3, 0.4) is 0 Å². The highest BCUT2D eigenvalue weighted by atomic mass is 35.5. The third kappa shape index (κ3) is 3.26. The van der Waals surface area contributed by atoms with Gasteiger partial charge in [0.15, 0.2) is 0 Å². The summed E-state index contributed by atoms with van der Waals surface area (Å²) in [6.45, 7) is 2.77. The lowest BCUT2D eigenvalue weighted by atomic mass is 10.0. The van der Waals surface area contributed by atoms with Gasteiger partial charge in [-0.2, -0.15) is 0 Å².